The molecule has 0 spiro atoms. The van der Waals surface area contributed by atoms with Crippen LogP contribution in [0.3, 0.4) is 0 Å². The second kappa shape index (κ2) is 5.33. The molecule has 0 atom stereocenters. The fourth-order valence-electron chi connectivity index (χ4n) is 1.86. The third kappa shape index (κ3) is 2.75. The molecule has 3 aromatic rings. The molecule has 0 saturated heterocycles. The van der Waals surface area contributed by atoms with Crippen LogP contribution < -0.4 is 0 Å². The first-order chi connectivity index (χ1) is 9.13. The van der Waals surface area contributed by atoms with Crippen molar-refractivity contribution in [3.05, 3.63) is 58.7 Å². The summed E-state index contributed by atoms with van der Waals surface area (Å²) in [7, 11) is 0. The Morgan fingerprint density at radius 2 is 1.68 bits per heavy atom. The molecule has 1 nitrogen and oxygen atoms in total. The maximum Gasteiger partial charge on any atom is 0.0615 e. The zero-order valence-corrected chi connectivity index (χ0v) is 12.9. The lowest BCUT2D eigenvalue weighted by atomic mass is 10.2. The highest BCUT2D eigenvalue weighted by Crippen LogP contribution is 2.35. The van der Waals surface area contributed by atoms with Gasteiger partial charge in [-0.15, -0.1) is 0 Å². The summed E-state index contributed by atoms with van der Waals surface area (Å²) in [5.41, 5.74) is 1.01. The molecule has 0 saturated carbocycles. The highest BCUT2D eigenvalue weighted by Gasteiger charge is 2.07. The summed E-state index contributed by atoms with van der Waals surface area (Å²) in [4.78, 5) is 2.20. The van der Waals surface area contributed by atoms with Crippen molar-refractivity contribution in [2.75, 3.05) is 0 Å². The molecule has 2 aromatic carbocycles. The first-order valence-electron chi connectivity index (χ1n) is 5.57. The Balaban J connectivity index is 2.01. The van der Waals surface area contributed by atoms with Crippen LogP contribution in [0.2, 0.25) is 10.0 Å². The van der Waals surface area contributed by atoms with Crippen molar-refractivity contribution in [2.24, 2.45) is 0 Å². The van der Waals surface area contributed by atoms with Crippen LogP contribution in [0.25, 0.3) is 10.9 Å². The van der Waals surface area contributed by atoms with Crippen molar-refractivity contribution >= 4 is 58.7 Å². The topological polar surface area (TPSA) is 4.93 Å². The number of thiol groups is 1. The first-order valence-corrected chi connectivity index (χ1v) is 7.54. The number of nitrogens with zero attached hydrogens (tertiary/aromatic N) is 1. The quantitative estimate of drug-likeness (QED) is 0.584. The van der Waals surface area contributed by atoms with Gasteiger partial charge in [-0.05, 0) is 42.5 Å². The van der Waals surface area contributed by atoms with Crippen molar-refractivity contribution in [2.45, 2.75) is 9.79 Å². The number of rotatable bonds is 2. The average molecular weight is 326 g/mol. The van der Waals surface area contributed by atoms with Gasteiger partial charge >= 0.3 is 0 Å². The SMILES string of the molecule is Sn1ccc2c(Cl)cc(Sc3ccc(Cl)cc3)cc21. The van der Waals surface area contributed by atoms with Gasteiger partial charge in [0.2, 0.25) is 0 Å². The van der Waals surface area contributed by atoms with Gasteiger partial charge in [-0.1, -0.05) is 47.8 Å². The summed E-state index contributed by atoms with van der Waals surface area (Å²) < 4.78 is 1.77. The number of fused-ring (bicyclic) bond motifs is 1. The summed E-state index contributed by atoms with van der Waals surface area (Å²) in [6, 6.07) is 13.7. The molecule has 0 amide bonds. The van der Waals surface area contributed by atoms with E-state index in [0.717, 1.165) is 30.7 Å². The molecule has 19 heavy (non-hydrogen) atoms. The van der Waals surface area contributed by atoms with E-state index in [0.29, 0.717) is 0 Å². The fourth-order valence-corrected chi connectivity index (χ4v) is 3.45. The molecular weight excluding hydrogens is 317 g/mol. The van der Waals surface area contributed by atoms with Crippen LogP contribution in [0.4, 0.5) is 0 Å². The first kappa shape index (κ1) is 13.3. The van der Waals surface area contributed by atoms with Crippen molar-refractivity contribution in [3.63, 3.8) is 0 Å². The van der Waals surface area contributed by atoms with E-state index >= 15 is 0 Å². The molecule has 0 aliphatic heterocycles. The monoisotopic (exact) mass is 325 g/mol. The van der Waals surface area contributed by atoms with Crippen LogP contribution in [0.5, 0.6) is 0 Å². The summed E-state index contributed by atoms with van der Waals surface area (Å²) in [5.74, 6) is 0. The summed E-state index contributed by atoms with van der Waals surface area (Å²) in [6.07, 6.45) is 1.89. The van der Waals surface area contributed by atoms with Crippen LogP contribution in [-0.2, 0) is 0 Å². The lowest BCUT2D eigenvalue weighted by Crippen LogP contribution is -1.80. The Hall–Kier alpha value is -0.740. The maximum atomic E-state index is 6.29. The molecular formula is C14H9Cl2NS2. The molecule has 0 unspecified atom stereocenters. The second-order valence-corrected chi connectivity index (χ2v) is 6.48. The molecule has 0 aliphatic rings. The molecule has 1 heterocycles. The van der Waals surface area contributed by atoms with Gasteiger partial charge in [0.1, 0.15) is 0 Å². The summed E-state index contributed by atoms with van der Waals surface area (Å²) in [5, 5.41) is 2.49. The summed E-state index contributed by atoms with van der Waals surface area (Å²) in [6.45, 7) is 0. The zero-order chi connectivity index (χ0) is 13.4. The van der Waals surface area contributed by atoms with E-state index in [1.54, 1.807) is 15.7 Å². The fraction of sp³-hybridized carbons (Fsp3) is 0. The van der Waals surface area contributed by atoms with E-state index in [1.807, 2.05) is 42.6 Å². The third-order valence-corrected chi connectivity index (χ3v) is 4.65. The minimum absolute atomic E-state index is 0.738. The molecule has 0 aliphatic carbocycles. The number of halogens is 2. The summed E-state index contributed by atoms with van der Waals surface area (Å²) >= 11 is 18.2. The molecule has 0 radical (unpaired) electrons. The number of benzene rings is 2. The van der Waals surface area contributed by atoms with Crippen molar-refractivity contribution in [3.8, 4) is 0 Å². The predicted molar refractivity (Wildman–Crippen MR) is 86.9 cm³/mol. The van der Waals surface area contributed by atoms with Crippen LogP contribution in [0.15, 0.2) is 58.5 Å². The van der Waals surface area contributed by atoms with E-state index < -0.39 is 0 Å². The third-order valence-electron chi connectivity index (χ3n) is 2.76. The highest BCUT2D eigenvalue weighted by atomic mass is 35.5. The maximum absolute atomic E-state index is 6.29. The van der Waals surface area contributed by atoms with E-state index in [1.165, 1.54) is 0 Å². The molecule has 0 fully saturated rings. The van der Waals surface area contributed by atoms with Gasteiger partial charge in [0.15, 0.2) is 0 Å². The Morgan fingerprint density at radius 3 is 2.42 bits per heavy atom. The molecule has 96 valence electrons. The van der Waals surface area contributed by atoms with E-state index in [9.17, 15) is 0 Å². The van der Waals surface area contributed by atoms with Crippen LogP contribution >= 0.6 is 47.8 Å². The predicted octanol–water partition coefficient (Wildman–Crippen LogP) is 5.79. The molecule has 0 N–H and O–H groups in total. The van der Waals surface area contributed by atoms with Gasteiger partial charge in [-0.25, -0.2) is 0 Å². The minimum atomic E-state index is 0.738. The van der Waals surface area contributed by atoms with Crippen molar-refractivity contribution in [1.29, 1.82) is 0 Å². The Kier molecular flexibility index (Phi) is 3.72. The Labute approximate surface area is 131 Å². The van der Waals surface area contributed by atoms with Crippen LogP contribution in [-0.4, -0.2) is 3.97 Å². The van der Waals surface area contributed by atoms with Crippen molar-refractivity contribution in [1.82, 2.24) is 3.97 Å². The van der Waals surface area contributed by atoms with Crippen LogP contribution in [0, 0.1) is 0 Å². The van der Waals surface area contributed by atoms with E-state index in [2.05, 4.69) is 18.9 Å². The lowest BCUT2D eigenvalue weighted by molar-refractivity contribution is 1.34. The Morgan fingerprint density at radius 1 is 0.947 bits per heavy atom. The van der Waals surface area contributed by atoms with Gasteiger partial charge in [-0.3, -0.25) is 3.97 Å². The average Bonchev–Trinajstić information content (AvgIpc) is 2.75. The van der Waals surface area contributed by atoms with Gasteiger partial charge in [-0.2, -0.15) is 0 Å². The lowest BCUT2D eigenvalue weighted by Gasteiger charge is -2.05. The molecule has 3 rings (SSSR count). The highest BCUT2D eigenvalue weighted by molar-refractivity contribution is 7.99. The van der Waals surface area contributed by atoms with Crippen LogP contribution in [0.1, 0.15) is 0 Å². The zero-order valence-electron chi connectivity index (χ0n) is 9.68. The smallest absolute Gasteiger partial charge is 0.0615 e. The van der Waals surface area contributed by atoms with E-state index in [-0.39, 0.29) is 0 Å². The van der Waals surface area contributed by atoms with Crippen molar-refractivity contribution < 1.29 is 0 Å². The largest absolute Gasteiger partial charge is 0.294 e. The minimum Gasteiger partial charge on any atom is -0.294 e. The molecule has 1 aromatic heterocycles. The van der Waals surface area contributed by atoms with Gasteiger partial charge in [0.25, 0.3) is 0 Å². The molecule has 0 bridgehead atoms. The number of aromatic nitrogens is 1. The van der Waals surface area contributed by atoms with Gasteiger partial charge in [0.05, 0.1) is 10.5 Å². The standard InChI is InChI=1S/C14H9Cl2NS2/c15-9-1-3-10(4-2-9)19-11-7-13(16)12-5-6-17(18)14(12)8-11/h1-8,18H. The normalized spacial score (nSPS) is 11.1. The van der Waals surface area contributed by atoms with E-state index in [4.69, 9.17) is 23.2 Å². The number of hydrogen-bond acceptors (Lipinski definition) is 2. The number of hydrogen-bond donors (Lipinski definition) is 1. The second-order valence-electron chi connectivity index (χ2n) is 4.05. The van der Waals surface area contributed by atoms with Gasteiger partial charge < -0.3 is 0 Å². The Bertz CT molecular complexity index is 735. The molecule has 5 heteroatoms. The van der Waals surface area contributed by atoms with Gasteiger partial charge in [0, 0.05) is 26.4 Å².